The predicted molar refractivity (Wildman–Crippen MR) is 38.3 cm³/mol. The molecule has 0 unspecified atom stereocenters. The first-order valence-electron chi connectivity index (χ1n) is 4.07. The Kier molecular flexibility index (Phi) is 1.26. The highest BCUT2D eigenvalue weighted by atomic mass is 14.9. The van der Waals surface area contributed by atoms with Crippen LogP contribution in [0, 0.1) is 11.8 Å². The van der Waals surface area contributed by atoms with E-state index in [-0.39, 0.29) is 0 Å². The van der Waals surface area contributed by atoms with Crippen molar-refractivity contribution in [2.75, 3.05) is 7.05 Å². The normalized spacial score (nSPS) is 48.3. The van der Waals surface area contributed by atoms with Crippen molar-refractivity contribution in [1.29, 1.82) is 0 Å². The molecule has 2 fully saturated rings. The molecular weight excluding hydrogens is 110 g/mol. The van der Waals surface area contributed by atoms with Crippen LogP contribution in [0.2, 0.25) is 0 Å². The SMILES string of the molecule is CN[C@@H]1C[C@H]2CC[C@@H]1C2. The van der Waals surface area contributed by atoms with Crippen LogP contribution in [0.15, 0.2) is 0 Å². The van der Waals surface area contributed by atoms with Crippen LogP contribution in [-0.2, 0) is 0 Å². The number of hydrogen-bond donors (Lipinski definition) is 1. The first-order valence-corrected chi connectivity index (χ1v) is 4.07. The number of rotatable bonds is 1. The first kappa shape index (κ1) is 5.72. The molecule has 2 aliphatic carbocycles. The molecule has 1 N–H and O–H groups in total. The molecule has 1 heteroatoms. The number of fused-ring (bicyclic) bond motifs is 2. The second-order valence-corrected chi connectivity index (χ2v) is 3.57. The minimum atomic E-state index is 0.878. The fourth-order valence-electron chi connectivity index (χ4n) is 2.60. The van der Waals surface area contributed by atoms with Crippen molar-refractivity contribution in [3.63, 3.8) is 0 Å². The Morgan fingerprint density at radius 1 is 1.22 bits per heavy atom. The largest absolute Gasteiger partial charge is 0.317 e. The lowest BCUT2D eigenvalue weighted by Crippen LogP contribution is -2.30. The van der Waals surface area contributed by atoms with E-state index >= 15 is 0 Å². The Morgan fingerprint density at radius 2 is 2.11 bits per heavy atom. The maximum Gasteiger partial charge on any atom is 0.00950 e. The summed E-state index contributed by atoms with van der Waals surface area (Å²) in [4.78, 5) is 0. The van der Waals surface area contributed by atoms with E-state index < -0.39 is 0 Å². The van der Waals surface area contributed by atoms with Crippen molar-refractivity contribution in [2.24, 2.45) is 11.8 Å². The van der Waals surface area contributed by atoms with E-state index in [0.717, 1.165) is 17.9 Å². The summed E-state index contributed by atoms with van der Waals surface area (Å²) < 4.78 is 0. The molecule has 2 bridgehead atoms. The Labute approximate surface area is 56.8 Å². The van der Waals surface area contributed by atoms with Gasteiger partial charge in [-0.25, -0.2) is 0 Å². The molecule has 0 aromatic heterocycles. The minimum Gasteiger partial charge on any atom is -0.317 e. The van der Waals surface area contributed by atoms with E-state index in [2.05, 4.69) is 12.4 Å². The van der Waals surface area contributed by atoms with Gasteiger partial charge in [-0.05, 0) is 38.1 Å². The highest BCUT2D eigenvalue weighted by Crippen LogP contribution is 2.44. The quantitative estimate of drug-likeness (QED) is 0.558. The van der Waals surface area contributed by atoms with Crippen LogP contribution in [0.4, 0.5) is 0 Å². The second kappa shape index (κ2) is 1.98. The third kappa shape index (κ3) is 0.787. The van der Waals surface area contributed by atoms with E-state index in [9.17, 15) is 0 Å². The summed E-state index contributed by atoms with van der Waals surface area (Å²) in [5.41, 5.74) is 0. The summed E-state index contributed by atoms with van der Waals surface area (Å²) in [6.45, 7) is 0. The molecule has 1 nitrogen and oxygen atoms in total. The average Bonchev–Trinajstić information content (AvgIpc) is 2.45. The van der Waals surface area contributed by atoms with E-state index in [1.165, 1.54) is 25.7 Å². The topological polar surface area (TPSA) is 12.0 Å². The Hall–Kier alpha value is -0.0400. The molecule has 0 aromatic rings. The molecule has 2 aliphatic rings. The van der Waals surface area contributed by atoms with Gasteiger partial charge in [-0.2, -0.15) is 0 Å². The van der Waals surface area contributed by atoms with Gasteiger partial charge in [0.25, 0.3) is 0 Å². The second-order valence-electron chi connectivity index (χ2n) is 3.57. The van der Waals surface area contributed by atoms with E-state index in [4.69, 9.17) is 0 Å². The van der Waals surface area contributed by atoms with Gasteiger partial charge in [0.05, 0.1) is 0 Å². The smallest absolute Gasteiger partial charge is 0.00950 e. The van der Waals surface area contributed by atoms with Crippen LogP contribution in [-0.4, -0.2) is 13.1 Å². The van der Waals surface area contributed by atoms with Gasteiger partial charge in [-0.15, -0.1) is 0 Å². The molecule has 3 atom stereocenters. The van der Waals surface area contributed by atoms with Gasteiger partial charge in [-0.3, -0.25) is 0 Å². The van der Waals surface area contributed by atoms with Gasteiger partial charge in [-0.1, -0.05) is 6.42 Å². The monoisotopic (exact) mass is 125 g/mol. The van der Waals surface area contributed by atoms with Crippen LogP contribution < -0.4 is 5.32 Å². The van der Waals surface area contributed by atoms with Crippen LogP contribution in [0.25, 0.3) is 0 Å². The molecule has 2 rings (SSSR count). The van der Waals surface area contributed by atoms with E-state index in [1.54, 1.807) is 0 Å². The highest BCUT2D eigenvalue weighted by molar-refractivity contribution is 4.93. The molecule has 0 amide bonds. The molecule has 0 spiro atoms. The summed E-state index contributed by atoms with van der Waals surface area (Å²) in [7, 11) is 2.10. The standard InChI is InChI=1S/C8H15N/c1-9-8-5-6-2-3-7(8)4-6/h6-9H,2-5H2,1H3/t6-,7+,8+/m0/s1. The predicted octanol–water partition coefficient (Wildman–Crippen LogP) is 1.39. The summed E-state index contributed by atoms with van der Waals surface area (Å²) >= 11 is 0. The maximum absolute atomic E-state index is 3.40. The van der Waals surface area contributed by atoms with Crippen molar-refractivity contribution in [3.8, 4) is 0 Å². The molecular formula is C8H15N. The van der Waals surface area contributed by atoms with Crippen molar-refractivity contribution >= 4 is 0 Å². The lowest BCUT2D eigenvalue weighted by molar-refractivity contribution is 0.372. The summed E-state index contributed by atoms with van der Waals surface area (Å²) in [5.74, 6) is 2.13. The Balaban J connectivity index is 2.01. The highest BCUT2D eigenvalue weighted by Gasteiger charge is 2.38. The fourth-order valence-corrected chi connectivity index (χ4v) is 2.60. The summed E-state index contributed by atoms with van der Waals surface area (Å²) in [5, 5.41) is 3.40. The number of hydrogen-bond acceptors (Lipinski definition) is 1. The molecule has 0 radical (unpaired) electrons. The van der Waals surface area contributed by atoms with E-state index in [1.807, 2.05) is 0 Å². The maximum atomic E-state index is 3.40. The van der Waals surface area contributed by atoms with Gasteiger partial charge < -0.3 is 5.32 Å². The van der Waals surface area contributed by atoms with Crippen LogP contribution in [0.5, 0.6) is 0 Å². The lowest BCUT2D eigenvalue weighted by atomic mass is 9.96. The molecule has 0 saturated heterocycles. The molecule has 0 aromatic carbocycles. The van der Waals surface area contributed by atoms with Crippen molar-refractivity contribution in [2.45, 2.75) is 31.7 Å². The van der Waals surface area contributed by atoms with E-state index in [0.29, 0.717) is 0 Å². The van der Waals surface area contributed by atoms with Gasteiger partial charge in [0.2, 0.25) is 0 Å². The first-order chi connectivity index (χ1) is 4.40. The van der Waals surface area contributed by atoms with Crippen molar-refractivity contribution in [3.05, 3.63) is 0 Å². The third-order valence-corrected chi connectivity index (χ3v) is 3.11. The minimum absolute atomic E-state index is 0.878. The van der Waals surface area contributed by atoms with Gasteiger partial charge in [0.15, 0.2) is 0 Å². The number of nitrogens with one attached hydrogen (secondary N) is 1. The zero-order chi connectivity index (χ0) is 6.27. The summed E-state index contributed by atoms with van der Waals surface area (Å²) in [6.07, 6.45) is 5.99. The van der Waals surface area contributed by atoms with Crippen LogP contribution in [0.1, 0.15) is 25.7 Å². The summed E-state index contributed by atoms with van der Waals surface area (Å²) in [6, 6.07) is 0.878. The average molecular weight is 125 g/mol. The molecule has 52 valence electrons. The van der Waals surface area contributed by atoms with Gasteiger partial charge in [0, 0.05) is 6.04 Å². The lowest BCUT2D eigenvalue weighted by Gasteiger charge is -2.20. The van der Waals surface area contributed by atoms with Crippen LogP contribution >= 0.6 is 0 Å². The Bertz CT molecular complexity index is 111. The third-order valence-electron chi connectivity index (χ3n) is 3.11. The fraction of sp³-hybridized carbons (Fsp3) is 1.00. The van der Waals surface area contributed by atoms with Gasteiger partial charge in [0.1, 0.15) is 0 Å². The Morgan fingerprint density at radius 3 is 2.44 bits per heavy atom. The van der Waals surface area contributed by atoms with Crippen molar-refractivity contribution < 1.29 is 0 Å². The zero-order valence-corrected chi connectivity index (χ0v) is 6.06. The zero-order valence-electron chi connectivity index (χ0n) is 6.06. The van der Waals surface area contributed by atoms with Crippen LogP contribution in [0.3, 0.4) is 0 Å². The molecule has 2 saturated carbocycles. The molecule has 0 heterocycles. The van der Waals surface area contributed by atoms with Crippen molar-refractivity contribution in [1.82, 2.24) is 5.32 Å². The van der Waals surface area contributed by atoms with Gasteiger partial charge >= 0.3 is 0 Å². The molecule has 0 aliphatic heterocycles. The molecule has 9 heavy (non-hydrogen) atoms.